The molecule has 2 rings (SSSR count). The Kier molecular flexibility index (Phi) is 6.01. The van der Waals surface area contributed by atoms with Gasteiger partial charge in [-0.15, -0.1) is 0 Å². The number of rotatable bonds is 5. The van der Waals surface area contributed by atoms with E-state index in [0.717, 1.165) is 43.3 Å². The van der Waals surface area contributed by atoms with Gasteiger partial charge in [-0.3, -0.25) is 4.79 Å². The first-order chi connectivity index (χ1) is 13.3. The predicted molar refractivity (Wildman–Crippen MR) is 95.4 cm³/mol. The molecule has 0 aliphatic carbocycles. The molecule has 6 nitrogen and oxygen atoms in total. The Hall–Kier alpha value is -2.97. The average Bonchev–Trinajstić information content (AvgIpc) is 2.60. The molecule has 0 fully saturated rings. The Morgan fingerprint density at radius 1 is 1.17 bits per heavy atom. The van der Waals surface area contributed by atoms with Crippen LogP contribution in [0.2, 0.25) is 0 Å². The zero-order valence-electron chi connectivity index (χ0n) is 14.8. The van der Waals surface area contributed by atoms with Gasteiger partial charge in [-0.25, -0.2) is 17.7 Å². The third-order valence-electron chi connectivity index (χ3n) is 3.81. The quantitative estimate of drug-likeness (QED) is 0.432. The van der Waals surface area contributed by atoms with Gasteiger partial charge in [0.15, 0.2) is 21.1 Å². The van der Waals surface area contributed by atoms with Gasteiger partial charge < -0.3 is 10.4 Å². The monoisotopic (exact) mass is 429 g/mol. The van der Waals surface area contributed by atoms with Gasteiger partial charge in [-0.05, 0) is 43.3 Å². The van der Waals surface area contributed by atoms with Crippen molar-refractivity contribution in [3.63, 3.8) is 0 Å². The molecule has 0 unspecified atom stereocenters. The molecule has 0 heterocycles. The number of halogens is 4. The van der Waals surface area contributed by atoms with E-state index in [9.17, 15) is 35.9 Å². The number of hydrogen-bond acceptors (Lipinski definition) is 4. The van der Waals surface area contributed by atoms with Crippen molar-refractivity contribution in [1.82, 2.24) is 0 Å². The Bertz CT molecular complexity index is 1070. The van der Waals surface area contributed by atoms with Crippen LogP contribution in [0.1, 0.15) is 12.5 Å². The van der Waals surface area contributed by atoms with Gasteiger partial charge in [0.1, 0.15) is 5.82 Å². The molecular weight excluding hydrogens is 415 g/mol. The number of benzene rings is 2. The summed E-state index contributed by atoms with van der Waals surface area (Å²) in [5, 5.41) is 12.3. The van der Waals surface area contributed by atoms with Gasteiger partial charge in [-0.1, -0.05) is 6.07 Å². The van der Waals surface area contributed by atoms with Crippen LogP contribution in [0.4, 0.5) is 28.9 Å². The highest BCUT2D eigenvalue weighted by atomic mass is 32.2. The number of sulfone groups is 1. The smallest absolute Gasteiger partial charge is 0.379 e. The lowest BCUT2D eigenvalue weighted by Crippen LogP contribution is -2.45. The topological polar surface area (TPSA) is 87.8 Å². The van der Waals surface area contributed by atoms with E-state index in [4.69, 9.17) is 6.57 Å². The molecule has 0 aromatic heterocycles. The minimum Gasteiger partial charge on any atom is -0.379 e. The summed E-state index contributed by atoms with van der Waals surface area (Å²) in [6.45, 7) is 7.65. The number of aliphatic hydroxyl groups is 1. The van der Waals surface area contributed by atoms with Crippen LogP contribution in [-0.4, -0.2) is 30.8 Å². The van der Waals surface area contributed by atoms with Crippen LogP contribution in [0.15, 0.2) is 47.4 Å². The standard InChI is InChI=1S/C18H14F4N2O4S/c1-17(26,10-29(27,28)13-6-3-11(19)4-7-13)16(25)24-12-5-8-15(23-2)14(9-12)18(20,21)22/h3-9,26H,10H2,1H3,(H,24,25)/t17-/m0/s1/i19-1. The van der Waals surface area contributed by atoms with Gasteiger partial charge in [0.25, 0.3) is 5.91 Å². The number of alkyl halides is 3. The van der Waals surface area contributed by atoms with Crippen LogP contribution in [-0.2, 0) is 20.8 Å². The van der Waals surface area contributed by atoms with E-state index >= 15 is 0 Å². The van der Waals surface area contributed by atoms with Gasteiger partial charge >= 0.3 is 6.18 Å². The number of carbonyl (C=O) groups excluding carboxylic acids is 1. The molecule has 2 aromatic rings. The number of nitrogens with one attached hydrogen (secondary N) is 1. The van der Waals surface area contributed by atoms with E-state index in [1.807, 2.05) is 5.32 Å². The van der Waals surface area contributed by atoms with Gasteiger partial charge in [0.2, 0.25) is 0 Å². The molecule has 0 radical (unpaired) electrons. The molecular formula is C18H14F4N2O4S. The van der Waals surface area contributed by atoms with Gasteiger partial charge in [-0.2, -0.15) is 13.2 Å². The largest absolute Gasteiger partial charge is 0.407 e. The third kappa shape index (κ3) is 5.30. The molecule has 2 N–H and O–H groups in total. The Morgan fingerprint density at radius 2 is 1.76 bits per heavy atom. The fourth-order valence-corrected chi connectivity index (χ4v) is 3.95. The molecule has 0 spiro atoms. The van der Waals surface area contributed by atoms with E-state index in [2.05, 4.69) is 4.85 Å². The zero-order valence-corrected chi connectivity index (χ0v) is 15.6. The van der Waals surface area contributed by atoms with Crippen LogP contribution >= 0.6 is 0 Å². The second-order valence-corrected chi connectivity index (χ2v) is 8.27. The van der Waals surface area contributed by atoms with Crippen LogP contribution in [0.5, 0.6) is 0 Å². The second kappa shape index (κ2) is 7.81. The molecule has 0 aliphatic heterocycles. The maximum Gasteiger partial charge on any atom is 0.407 e. The lowest BCUT2D eigenvalue weighted by Gasteiger charge is -2.22. The fourth-order valence-electron chi connectivity index (χ4n) is 2.36. The molecule has 2 aromatic carbocycles. The van der Waals surface area contributed by atoms with Crippen LogP contribution in [0.3, 0.4) is 0 Å². The summed E-state index contributed by atoms with van der Waals surface area (Å²) in [7, 11) is -4.21. The summed E-state index contributed by atoms with van der Waals surface area (Å²) in [6, 6.07) is 6.06. The summed E-state index contributed by atoms with van der Waals surface area (Å²) in [5.74, 6) is -3.05. The lowest BCUT2D eigenvalue weighted by molar-refractivity contribution is -0.137. The highest BCUT2D eigenvalue weighted by molar-refractivity contribution is 7.91. The summed E-state index contributed by atoms with van der Waals surface area (Å²) < 4.78 is 76.7. The second-order valence-electron chi connectivity index (χ2n) is 6.28. The minimum absolute atomic E-state index is 0.340. The molecule has 1 amide bonds. The number of carbonyl (C=O) groups is 1. The third-order valence-corrected chi connectivity index (χ3v) is 5.75. The molecule has 0 saturated carbocycles. The van der Waals surface area contributed by atoms with Gasteiger partial charge in [0.05, 0.1) is 22.8 Å². The van der Waals surface area contributed by atoms with Crippen molar-refractivity contribution in [3.8, 4) is 0 Å². The van der Waals surface area contributed by atoms with Crippen LogP contribution in [0, 0.1) is 12.4 Å². The van der Waals surface area contributed by atoms with Crippen LogP contribution in [0.25, 0.3) is 4.85 Å². The molecule has 11 heteroatoms. The van der Waals surface area contributed by atoms with E-state index < -0.39 is 50.3 Å². The van der Waals surface area contributed by atoms with Crippen LogP contribution < -0.4 is 5.32 Å². The maximum absolute atomic E-state index is 13.0. The Morgan fingerprint density at radius 3 is 2.28 bits per heavy atom. The van der Waals surface area contributed by atoms with Crippen molar-refractivity contribution in [2.24, 2.45) is 0 Å². The van der Waals surface area contributed by atoms with E-state index in [1.165, 1.54) is 0 Å². The number of anilines is 1. The van der Waals surface area contributed by atoms with E-state index in [0.29, 0.717) is 6.07 Å². The zero-order chi connectivity index (χ0) is 22.0. The predicted octanol–water partition coefficient (Wildman–Crippen LogP) is 3.56. The SMILES string of the molecule is [C-]#[N+]c1ccc(NC(=O)[C@@](C)(O)CS(=O)(=O)c2ccc([18F])cc2)cc1C(F)(F)F. The number of nitrogens with zero attached hydrogens (tertiary/aromatic N) is 1. The number of amides is 1. The Balaban J connectivity index is 2.25. The summed E-state index contributed by atoms with van der Waals surface area (Å²) in [5.41, 5.74) is -4.86. The van der Waals surface area contributed by atoms with Crippen molar-refractivity contribution in [2.75, 3.05) is 11.1 Å². The molecule has 0 aliphatic rings. The minimum atomic E-state index is -4.85. The highest BCUT2D eigenvalue weighted by Gasteiger charge is 2.38. The van der Waals surface area contributed by atoms with E-state index in [-0.39, 0.29) is 10.6 Å². The van der Waals surface area contributed by atoms with Crippen molar-refractivity contribution >= 4 is 27.1 Å². The normalized spacial score (nSPS) is 14.0. The summed E-state index contributed by atoms with van der Waals surface area (Å²) in [6.07, 6.45) is -4.85. The summed E-state index contributed by atoms with van der Waals surface area (Å²) in [4.78, 5) is 14.7. The molecule has 29 heavy (non-hydrogen) atoms. The van der Waals surface area contributed by atoms with Crippen molar-refractivity contribution < 1.29 is 35.9 Å². The molecule has 0 bridgehead atoms. The van der Waals surface area contributed by atoms with Crippen molar-refractivity contribution in [1.29, 1.82) is 0 Å². The van der Waals surface area contributed by atoms with Crippen molar-refractivity contribution in [2.45, 2.75) is 23.6 Å². The summed E-state index contributed by atoms with van der Waals surface area (Å²) >= 11 is 0. The Labute approximate surface area is 163 Å². The fraction of sp³-hybridized carbons (Fsp3) is 0.222. The molecule has 1 atom stereocenters. The average molecular weight is 429 g/mol. The number of hydrogen-bond donors (Lipinski definition) is 2. The van der Waals surface area contributed by atoms with Crippen molar-refractivity contribution in [3.05, 3.63) is 65.3 Å². The molecule has 0 saturated heterocycles. The first-order valence-corrected chi connectivity index (χ1v) is 9.52. The highest BCUT2D eigenvalue weighted by Crippen LogP contribution is 2.38. The van der Waals surface area contributed by atoms with Gasteiger partial charge in [0, 0.05) is 5.69 Å². The molecule has 154 valence electrons. The van der Waals surface area contributed by atoms with E-state index in [1.54, 1.807) is 0 Å². The lowest BCUT2D eigenvalue weighted by atomic mass is 10.1. The first-order valence-electron chi connectivity index (χ1n) is 7.87. The maximum atomic E-state index is 13.0. The first kappa shape index (κ1) is 22.3.